The molecular weight excluding hydrogens is 398 g/mol. The Balaban J connectivity index is 1.46. The van der Waals surface area contributed by atoms with Crippen LogP contribution in [0.15, 0.2) is 59.8 Å². The number of aromatic nitrogens is 5. The van der Waals surface area contributed by atoms with Crippen LogP contribution in [0.3, 0.4) is 0 Å². The maximum atomic E-state index is 6.14. The summed E-state index contributed by atoms with van der Waals surface area (Å²) in [6.07, 6.45) is 0. The molecule has 3 heterocycles. The molecule has 152 valence electrons. The van der Waals surface area contributed by atoms with Crippen LogP contribution in [0.4, 0.5) is 11.8 Å². The Morgan fingerprint density at radius 2 is 1.70 bits per heavy atom. The van der Waals surface area contributed by atoms with E-state index in [-0.39, 0.29) is 0 Å². The fourth-order valence-electron chi connectivity index (χ4n) is 3.47. The Morgan fingerprint density at radius 3 is 2.53 bits per heavy atom. The molecule has 1 fully saturated rings. The number of ether oxygens (including phenoxy) is 1. The first-order chi connectivity index (χ1) is 14.8. The highest BCUT2D eigenvalue weighted by Crippen LogP contribution is 2.29. The largest absolute Gasteiger partial charge is 0.383 e. The normalized spacial score (nSPS) is 14.3. The van der Waals surface area contributed by atoms with Gasteiger partial charge in [0, 0.05) is 18.5 Å². The van der Waals surface area contributed by atoms with Crippen molar-refractivity contribution < 1.29 is 4.74 Å². The van der Waals surface area contributed by atoms with Gasteiger partial charge in [-0.2, -0.15) is 0 Å². The first-order valence-corrected chi connectivity index (χ1v) is 10.8. The van der Waals surface area contributed by atoms with Gasteiger partial charge in [0.15, 0.2) is 5.16 Å². The van der Waals surface area contributed by atoms with E-state index in [0.717, 1.165) is 40.8 Å². The van der Waals surface area contributed by atoms with Crippen molar-refractivity contribution in [3.8, 4) is 5.69 Å². The predicted octanol–water partition coefficient (Wildman–Crippen LogP) is 2.92. The van der Waals surface area contributed by atoms with Crippen molar-refractivity contribution in [2.45, 2.75) is 10.9 Å². The van der Waals surface area contributed by atoms with E-state index in [0.29, 0.717) is 30.6 Å². The van der Waals surface area contributed by atoms with Crippen LogP contribution in [0.25, 0.3) is 16.6 Å². The zero-order chi connectivity index (χ0) is 20.3. The van der Waals surface area contributed by atoms with E-state index in [1.165, 1.54) is 0 Å². The van der Waals surface area contributed by atoms with E-state index < -0.39 is 0 Å². The summed E-state index contributed by atoms with van der Waals surface area (Å²) in [7, 11) is 0. The van der Waals surface area contributed by atoms with E-state index in [4.69, 9.17) is 10.5 Å². The lowest BCUT2D eigenvalue weighted by Gasteiger charge is -2.27. The van der Waals surface area contributed by atoms with Gasteiger partial charge >= 0.3 is 0 Å². The Hall–Kier alpha value is -3.17. The third-order valence-electron chi connectivity index (χ3n) is 4.93. The van der Waals surface area contributed by atoms with Crippen LogP contribution in [-0.2, 0) is 10.5 Å². The highest BCUT2D eigenvalue weighted by molar-refractivity contribution is 7.98. The standard InChI is InChI=1S/C21H21N7OS/c22-19-16-8-4-5-9-17(16)23-18(24-19)14-30-21-26-25-20(27-10-12-29-13-11-27)28(21)15-6-2-1-3-7-15/h1-9H,10-14H2,(H2,22,23,24). The summed E-state index contributed by atoms with van der Waals surface area (Å²) in [5.74, 6) is 2.54. The van der Waals surface area contributed by atoms with Gasteiger partial charge in [-0.15, -0.1) is 10.2 Å². The fraction of sp³-hybridized carbons (Fsp3) is 0.238. The number of hydrogen-bond donors (Lipinski definition) is 1. The Kier molecular flexibility index (Phi) is 5.20. The van der Waals surface area contributed by atoms with Gasteiger partial charge in [-0.25, -0.2) is 9.97 Å². The van der Waals surface area contributed by atoms with Crippen LogP contribution in [0.2, 0.25) is 0 Å². The molecule has 2 N–H and O–H groups in total. The van der Waals surface area contributed by atoms with Crippen molar-refractivity contribution in [2.24, 2.45) is 0 Å². The maximum Gasteiger partial charge on any atom is 0.232 e. The molecule has 2 aromatic carbocycles. The minimum atomic E-state index is 0.495. The number of nitrogens with two attached hydrogens (primary N) is 1. The second-order valence-corrected chi connectivity index (χ2v) is 7.83. The number of nitrogens with zero attached hydrogens (tertiary/aromatic N) is 6. The summed E-state index contributed by atoms with van der Waals surface area (Å²) in [4.78, 5) is 11.3. The van der Waals surface area contributed by atoms with Crippen LogP contribution in [0.5, 0.6) is 0 Å². The molecule has 8 nitrogen and oxygen atoms in total. The molecule has 9 heteroatoms. The third kappa shape index (κ3) is 3.69. The average Bonchev–Trinajstić information content (AvgIpc) is 3.23. The molecular formula is C21H21N7OS. The summed E-state index contributed by atoms with van der Waals surface area (Å²) in [5, 5.41) is 10.6. The van der Waals surface area contributed by atoms with Gasteiger partial charge in [-0.05, 0) is 24.3 Å². The van der Waals surface area contributed by atoms with Crippen LogP contribution in [-0.4, -0.2) is 51.0 Å². The van der Waals surface area contributed by atoms with E-state index in [1.54, 1.807) is 11.8 Å². The number of nitrogen functional groups attached to an aromatic ring is 1. The van der Waals surface area contributed by atoms with Gasteiger partial charge in [0.05, 0.1) is 30.2 Å². The van der Waals surface area contributed by atoms with Crippen molar-refractivity contribution in [1.29, 1.82) is 0 Å². The molecule has 2 aromatic heterocycles. The van der Waals surface area contributed by atoms with Crippen LogP contribution in [0.1, 0.15) is 5.82 Å². The average molecular weight is 420 g/mol. The molecule has 1 aliphatic rings. The molecule has 0 aliphatic carbocycles. The quantitative estimate of drug-likeness (QED) is 0.494. The molecule has 0 unspecified atom stereocenters. The van der Waals surface area contributed by atoms with E-state index in [2.05, 4.69) is 41.8 Å². The van der Waals surface area contributed by atoms with Crippen molar-refractivity contribution in [3.05, 3.63) is 60.4 Å². The number of thioether (sulfide) groups is 1. The SMILES string of the molecule is Nc1nc(CSc2nnc(N3CCOCC3)n2-c2ccccc2)nc2ccccc12. The highest BCUT2D eigenvalue weighted by atomic mass is 32.2. The number of fused-ring (bicyclic) bond motifs is 1. The number of morpholine rings is 1. The molecule has 1 aliphatic heterocycles. The molecule has 30 heavy (non-hydrogen) atoms. The second kappa shape index (κ2) is 8.29. The van der Waals surface area contributed by atoms with Crippen molar-refractivity contribution in [2.75, 3.05) is 36.9 Å². The van der Waals surface area contributed by atoms with Gasteiger partial charge in [-0.1, -0.05) is 42.1 Å². The number of hydrogen-bond acceptors (Lipinski definition) is 8. The lowest BCUT2D eigenvalue weighted by molar-refractivity contribution is 0.122. The van der Waals surface area contributed by atoms with Gasteiger partial charge < -0.3 is 15.4 Å². The first-order valence-electron chi connectivity index (χ1n) is 9.77. The summed E-state index contributed by atoms with van der Waals surface area (Å²) >= 11 is 1.55. The zero-order valence-electron chi connectivity index (χ0n) is 16.3. The Morgan fingerprint density at radius 1 is 0.933 bits per heavy atom. The molecule has 5 rings (SSSR count). The number of benzene rings is 2. The Bertz CT molecular complexity index is 1160. The van der Waals surface area contributed by atoms with Gasteiger partial charge in [0.1, 0.15) is 11.6 Å². The number of para-hydroxylation sites is 2. The molecule has 0 bridgehead atoms. The summed E-state index contributed by atoms with van der Waals surface area (Å²) in [6.45, 7) is 2.96. The van der Waals surface area contributed by atoms with Crippen molar-refractivity contribution in [1.82, 2.24) is 24.7 Å². The minimum Gasteiger partial charge on any atom is -0.383 e. The smallest absolute Gasteiger partial charge is 0.232 e. The Labute approximate surface area is 178 Å². The molecule has 0 spiro atoms. The molecule has 0 radical (unpaired) electrons. The first kappa shape index (κ1) is 18.8. The van der Waals surface area contributed by atoms with E-state index in [1.807, 2.05) is 42.5 Å². The van der Waals surface area contributed by atoms with Crippen LogP contribution >= 0.6 is 11.8 Å². The molecule has 4 aromatic rings. The fourth-order valence-corrected chi connectivity index (χ4v) is 4.27. The second-order valence-electron chi connectivity index (χ2n) is 6.88. The number of rotatable bonds is 5. The lowest BCUT2D eigenvalue weighted by Crippen LogP contribution is -2.37. The number of anilines is 2. The van der Waals surface area contributed by atoms with Gasteiger partial charge in [0.25, 0.3) is 0 Å². The van der Waals surface area contributed by atoms with Crippen molar-refractivity contribution >= 4 is 34.4 Å². The van der Waals surface area contributed by atoms with Crippen LogP contribution < -0.4 is 10.6 Å². The summed E-state index contributed by atoms with van der Waals surface area (Å²) < 4.78 is 7.58. The zero-order valence-corrected chi connectivity index (χ0v) is 17.1. The van der Waals surface area contributed by atoms with E-state index >= 15 is 0 Å². The highest BCUT2D eigenvalue weighted by Gasteiger charge is 2.22. The van der Waals surface area contributed by atoms with Crippen LogP contribution in [0, 0.1) is 0 Å². The molecule has 0 saturated carbocycles. The van der Waals surface area contributed by atoms with Gasteiger partial charge in [-0.3, -0.25) is 4.57 Å². The molecule has 0 amide bonds. The molecule has 0 atom stereocenters. The summed E-state index contributed by atoms with van der Waals surface area (Å²) in [6, 6.07) is 17.9. The third-order valence-corrected chi connectivity index (χ3v) is 5.86. The predicted molar refractivity (Wildman–Crippen MR) is 118 cm³/mol. The van der Waals surface area contributed by atoms with E-state index in [9.17, 15) is 0 Å². The lowest BCUT2D eigenvalue weighted by atomic mass is 10.2. The van der Waals surface area contributed by atoms with Gasteiger partial charge in [0.2, 0.25) is 5.95 Å². The minimum absolute atomic E-state index is 0.495. The molecule has 1 saturated heterocycles. The topological polar surface area (TPSA) is 95.0 Å². The van der Waals surface area contributed by atoms with Crippen molar-refractivity contribution in [3.63, 3.8) is 0 Å². The maximum absolute atomic E-state index is 6.14. The summed E-state index contributed by atoms with van der Waals surface area (Å²) in [5.41, 5.74) is 8.00. The monoisotopic (exact) mass is 419 g/mol.